The summed E-state index contributed by atoms with van der Waals surface area (Å²) in [6, 6.07) is 9.95. The Morgan fingerprint density at radius 2 is 2.06 bits per heavy atom. The van der Waals surface area contributed by atoms with E-state index in [1.54, 1.807) is 6.92 Å². The summed E-state index contributed by atoms with van der Waals surface area (Å²) in [5.74, 6) is 0. The first-order valence-corrected chi connectivity index (χ1v) is 5.34. The molecule has 1 N–H and O–H groups in total. The van der Waals surface area contributed by atoms with E-state index in [-0.39, 0.29) is 6.10 Å². The Hall–Kier alpha value is -1.55. The maximum Gasteiger partial charge on any atom is 0.431 e. The summed E-state index contributed by atoms with van der Waals surface area (Å²) < 4.78 is 4.67. The fraction of sp³-hybridized carbons (Fsp3) is 0.417. The fourth-order valence-electron chi connectivity index (χ4n) is 1.30. The number of rotatable bonds is 5. The smallest absolute Gasteiger partial charge is 0.431 e. The molecule has 88 valence electrons. The molecule has 0 aliphatic rings. The molecule has 0 spiro atoms. The number of carbonyl (C=O) groups excluding carboxylic acids is 1. The summed E-state index contributed by atoms with van der Waals surface area (Å²) >= 11 is 0. The zero-order valence-corrected chi connectivity index (χ0v) is 9.60. The van der Waals surface area contributed by atoms with Gasteiger partial charge in [0.25, 0.3) is 0 Å². The Kier molecular flexibility index (Phi) is 5.36. The van der Waals surface area contributed by atoms with Gasteiger partial charge in [-0.3, -0.25) is 4.84 Å². The Morgan fingerprint density at radius 3 is 2.69 bits per heavy atom. The molecular formula is C12H17NO3. The molecule has 1 atom stereocenters. The molecule has 0 aliphatic heterocycles. The zero-order valence-electron chi connectivity index (χ0n) is 9.60. The molecule has 1 amide bonds. The van der Waals surface area contributed by atoms with Crippen molar-refractivity contribution in [1.29, 1.82) is 0 Å². The average molecular weight is 223 g/mol. The first-order chi connectivity index (χ1) is 7.72. The van der Waals surface area contributed by atoms with Crippen LogP contribution in [0.3, 0.4) is 0 Å². The number of hydrogen-bond donors (Lipinski definition) is 1. The number of amides is 1. The highest BCUT2D eigenvalue weighted by Gasteiger charge is 2.06. The molecule has 1 rings (SSSR count). The second kappa shape index (κ2) is 6.85. The molecule has 0 fully saturated rings. The Bertz CT molecular complexity index is 313. The van der Waals surface area contributed by atoms with E-state index in [4.69, 9.17) is 4.84 Å². The quantitative estimate of drug-likeness (QED) is 0.779. The summed E-state index contributed by atoms with van der Waals surface area (Å²) in [5, 5.41) is 0. The molecule has 1 aromatic carbocycles. The van der Waals surface area contributed by atoms with Gasteiger partial charge in [0.05, 0.1) is 12.7 Å². The van der Waals surface area contributed by atoms with Gasteiger partial charge >= 0.3 is 6.09 Å². The minimum Gasteiger partial charge on any atom is -0.448 e. The fourth-order valence-corrected chi connectivity index (χ4v) is 1.30. The third kappa shape index (κ3) is 4.79. The number of benzene rings is 1. The van der Waals surface area contributed by atoms with E-state index < -0.39 is 6.09 Å². The molecule has 0 saturated heterocycles. The molecular weight excluding hydrogens is 206 g/mol. The minimum atomic E-state index is -0.553. The molecule has 1 unspecified atom stereocenters. The Labute approximate surface area is 95.5 Å². The van der Waals surface area contributed by atoms with Crippen molar-refractivity contribution in [1.82, 2.24) is 5.48 Å². The van der Waals surface area contributed by atoms with Crippen LogP contribution >= 0.6 is 0 Å². The van der Waals surface area contributed by atoms with Crippen LogP contribution in [0.15, 0.2) is 30.3 Å². The molecule has 1 aromatic rings. The lowest BCUT2D eigenvalue weighted by molar-refractivity contribution is -0.0138. The van der Waals surface area contributed by atoms with Crippen molar-refractivity contribution >= 4 is 6.09 Å². The van der Waals surface area contributed by atoms with Crippen LogP contribution in [0.1, 0.15) is 19.4 Å². The number of carbonyl (C=O) groups is 1. The summed E-state index contributed by atoms with van der Waals surface area (Å²) in [4.78, 5) is 16.1. The number of hydrogen-bond acceptors (Lipinski definition) is 3. The van der Waals surface area contributed by atoms with Crippen LogP contribution in [0.25, 0.3) is 0 Å². The van der Waals surface area contributed by atoms with Crippen molar-refractivity contribution in [2.45, 2.75) is 26.4 Å². The Morgan fingerprint density at radius 1 is 1.38 bits per heavy atom. The topological polar surface area (TPSA) is 47.6 Å². The van der Waals surface area contributed by atoms with Crippen LogP contribution < -0.4 is 5.48 Å². The number of nitrogens with one attached hydrogen (secondary N) is 1. The van der Waals surface area contributed by atoms with Gasteiger partial charge in [-0.05, 0) is 19.4 Å². The molecule has 0 saturated carbocycles. The monoisotopic (exact) mass is 223 g/mol. The average Bonchev–Trinajstić information content (AvgIpc) is 2.28. The highest BCUT2D eigenvalue weighted by atomic mass is 16.7. The normalized spacial score (nSPS) is 11.9. The standard InChI is InChI=1S/C12H17NO3/c1-3-15-12(14)13-16-10(2)9-11-7-5-4-6-8-11/h4-8,10H,3,9H2,1-2H3,(H,13,14). The van der Waals surface area contributed by atoms with Crippen molar-refractivity contribution in [3.05, 3.63) is 35.9 Å². The molecule has 0 aromatic heterocycles. The maximum absolute atomic E-state index is 10.9. The van der Waals surface area contributed by atoms with Gasteiger partial charge in [-0.15, -0.1) is 0 Å². The van der Waals surface area contributed by atoms with E-state index in [1.807, 2.05) is 37.3 Å². The van der Waals surface area contributed by atoms with E-state index in [2.05, 4.69) is 10.2 Å². The van der Waals surface area contributed by atoms with Crippen LogP contribution in [0.2, 0.25) is 0 Å². The van der Waals surface area contributed by atoms with Crippen LogP contribution in [-0.2, 0) is 16.0 Å². The van der Waals surface area contributed by atoms with Crippen molar-refractivity contribution in [2.75, 3.05) is 6.61 Å². The van der Waals surface area contributed by atoms with Gasteiger partial charge in [-0.1, -0.05) is 30.3 Å². The Balaban J connectivity index is 2.26. The second-order valence-electron chi connectivity index (χ2n) is 3.44. The highest BCUT2D eigenvalue weighted by molar-refractivity contribution is 5.65. The summed E-state index contributed by atoms with van der Waals surface area (Å²) in [6.07, 6.45) is 0.0991. The van der Waals surface area contributed by atoms with E-state index >= 15 is 0 Å². The zero-order chi connectivity index (χ0) is 11.8. The van der Waals surface area contributed by atoms with Gasteiger partial charge < -0.3 is 4.74 Å². The third-order valence-electron chi connectivity index (χ3n) is 1.98. The first-order valence-electron chi connectivity index (χ1n) is 5.34. The third-order valence-corrected chi connectivity index (χ3v) is 1.98. The lowest BCUT2D eigenvalue weighted by Crippen LogP contribution is -2.29. The predicted octanol–water partition coefficient (Wildman–Crippen LogP) is 2.30. The van der Waals surface area contributed by atoms with Crippen molar-refractivity contribution < 1.29 is 14.4 Å². The van der Waals surface area contributed by atoms with Gasteiger partial charge in [-0.25, -0.2) is 4.79 Å². The molecule has 4 nitrogen and oxygen atoms in total. The van der Waals surface area contributed by atoms with Gasteiger partial charge in [-0.2, -0.15) is 5.48 Å². The van der Waals surface area contributed by atoms with E-state index in [0.29, 0.717) is 6.61 Å². The predicted molar refractivity (Wildman–Crippen MR) is 60.9 cm³/mol. The van der Waals surface area contributed by atoms with Crippen molar-refractivity contribution in [3.63, 3.8) is 0 Å². The van der Waals surface area contributed by atoms with Gasteiger partial charge in [0, 0.05) is 6.42 Å². The SMILES string of the molecule is CCOC(=O)NOC(C)Cc1ccccc1. The van der Waals surface area contributed by atoms with Crippen molar-refractivity contribution in [2.24, 2.45) is 0 Å². The molecule has 0 radical (unpaired) electrons. The van der Waals surface area contributed by atoms with E-state index in [0.717, 1.165) is 6.42 Å². The van der Waals surface area contributed by atoms with E-state index in [9.17, 15) is 4.79 Å². The summed E-state index contributed by atoms with van der Waals surface area (Å²) in [5.41, 5.74) is 3.41. The van der Waals surface area contributed by atoms with Crippen molar-refractivity contribution in [3.8, 4) is 0 Å². The molecule has 16 heavy (non-hydrogen) atoms. The van der Waals surface area contributed by atoms with E-state index in [1.165, 1.54) is 5.56 Å². The largest absolute Gasteiger partial charge is 0.448 e. The van der Waals surface area contributed by atoms with Crippen LogP contribution in [0.4, 0.5) is 4.79 Å². The lowest BCUT2D eigenvalue weighted by Gasteiger charge is -2.12. The molecule has 0 heterocycles. The van der Waals surface area contributed by atoms with Gasteiger partial charge in [0.15, 0.2) is 0 Å². The molecule has 0 aliphatic carbocycles. The highest BCUT2D eigenvalue weighted by Crippen LogP contribution is 2.04. The maximum atomic E-state index is 10.9. The van der Waals surface area contributed by atoms with Crippen LogP contribution in [0, 0.1) is 0 Å². The first kappa shape index (κ1) is 12.5. The minimum absolute atomic E-state index is 0.0909. The summed E-state index contributed by atoms with van der Waals surface area (Å²) in [6.45, 7) is 3.97. The van der Waals surface area contributed by atoms with Gasteiger partial charge in [0.1, 0.15) is 0 Å². The number of hydroxylamine groups is 1. The number of ether oxygens (including phenoxy) is 1. The van der Waals surface area contributed by atoms with Crippen LogP contribution in [0.5, 0.6) is 0 Å². The second-order valence-corrected chi connectivity index (χ2v) is 3.44. The summed E-state index contributed by atoms with van der Waals surface area (Å²) in [7, 11) is 0. The lowest BCUT2D eigenvalue weighted by atomic mass is 10.1. The molecule has 0 bridgehead atoms. The van der Waals surface area contributed by atoms with Crippen LogP contribution in [-0.4, -0.2) is 18.8 Å². The van der Waals surface area contributed by atoms with Gasteiger partial charge in [0.2, 0.25) is 0 Å². The molecule has 4 heteroatoms.